The molecular weight excluding hydrogens is 369 g/mol. The van der Waals surface area contributed by atoms with Crippen LogP contribution in [0.15, 0.2) is 28.1 Å². The van der Waals surface area contributed by atoms with Crippen LogP contribution in [0, 0.1) is 0 Å². The second kappa shape index (κ2) is 6.93. The third kappa shape index (κ3) is 3.85. The molecule has 2 rings (SSSR count). The number of aromatic nitrogens is 1. The average Bonchev–Trinajstić information content (AvgIpc) is 2.86. The Morgan fingerprint density at radius 2 is 2.26 bits per heavy atom. The van der Waals surface area contributed by atoms with E-state index in [9.17, 15) is 0 Å². The number of benzene rings is 1. The molecule has 0 amide bonds. The van der Waals surface area contributed by atoms with E-state index in [1.54, 1.807) is 17.4 Å². The summed E-state index contributed by atoms with van der Waals surface area (Å²) in [4.78, 5) is 4.46. The highest BCUT2D eigenvalue weighted by Crippen LogP contribution is 2.33. The molecule has 1 atom stereocenters. The van der Waals surface area contributed by atoms with Crippen molar-refractivity contribution in [1.82, 2.24) is 4.98 Å². The predicted molar refractivity (Wildman–Crippen MR) is 84.5 cm³/mol. The van der Waals surface area contributed by atoms with E-state index in [0.717, 1.165) is 27.3 Å². The van der Waals surface area contributed by atoms with Gasteiger partial charge in [0.1, 0.15) is 16.9 Å². The monoisotopic (exact) mass is 379 g/mol. The van der Waals surface area contributed by atoms with Gasteiger partial charge in [-0.25, -0.2) is 4.98 Å². The summed E-state index contributed by atoms with van der Waals surface area (Å²) < 4.78 is 6.83. The molecule has 6 heteroatoms. The SMILES string of the molecule is CCC(Oc1ccc(Cl)cc1Br)c1nc(CCl)cs1. The van der Waals surface area contributed by atoms with Crippen LogP contribution < -0.4 is 4.74 Å². The average molecular weight is 381 g/mol. The van der Waals surface area contributed by atoms with Crippen LogP contribution in [0.4, 0.5) is 0 Å². The molecule has 0 radical (unpaired) electrons. The molecule has 0 N–H and O–H groups in total. The normalized spacial score (nSPS) is 12.4. The number of rotatable bonds is 5. The number of thiazole rings is 1. The van der Waals surface area contributed by atoms with E-state index in [1.807, 2.05) is 17.5 Å². The van der Waals surface area contributed by atoms with Gasteiger partial charge in [0.25, 0.3) is 0 Å². The van der Waals surface area contributed by atoms with Crippen molar-refractivity contribution in [3.8, 4) is 5.75 Å². The number of hydrogen-bond donors (Lipinski definition) is 0. The Morgan fingerprint density at radius 3 is 2.84 bits per heavy atom. The molecule has 1 heterocycles. The van der Waals surface area contributed by atoms with Crippen molar-refractivity contribution in [2.24, 2.45) is 0 Å². The lowest BCUT2D eigenvalue weighted by atomic mass is 10.3. The largest absolute Gasteiger partial charge is 0.482 e. The summed E-state index contributed by atoms with van der Waals surface area (Å²) >= 11 is 16.7. The fourth-order valence-corrected chi connectivity index (χ4v) is 3.50. The topological polar surface area (TPSA) is 22.1 Å². The molecule has 102 valence electrons. The van der Waals surface area contributed by atoms with Gasteiger partial charge in [0.2, 0.25) is 0 Å². The third-order valence-corrected chi connectivity index (χ3v) is 4.63. The van der Waals surface area contributed by atoms with Crippen LogP contribution in [0.5, 0.6) is 5.75 Å². The van der Waals surface area contributed by atoms with E-state index in [2.05, 4.69) is 27.8 Å². The molecule has 0 saturated carbocycles. The number of ether oxygens (including phenoxy) is 1. The van der Waals surface area contributed by atoms with Crippen molar-refractivity contribution in [3.05, 3.63) is 43.8 Å². The highest BCUT2D eigenvalue weighted by Gasteiger charge is 2.17. The highest BCUT2D eigenvalue weighted by molar-refractivity contribution is 9.10. The van der Waals surface area contributed by atoms with Gasteiger partial charge in [-0.15, -0.1) is 22.9 Å². The Hall–Kier alpha value is -0.290. The van der Waals surface area contributed by atoms with Crippen LogP contribution in [-0.2, 0) is 5.88 Å². The Morgan fingerprint density at radius 1 is 1.47 bits per heavy atom. The van der Waals surface area contributed by atoms with E-state index in [4.69, 9.17) is 27.9 Å². The highest BCUT2D eigenvalue weighted by atomic mass is 79.9. The molecule has 0 aliphatic carbocycles. The second-order valence-electron chi connectivity index (χ2n) is 3.90. The Balaban J connectivity index is 2.18. The second-order valence-corrected chi connectivity index (χ2v) is 6.35. The molecule has 0 bridgehead atoms. The molecule has 1 aromatic carbocycles. The van der Waals surface area contributed by atoms with Crippen molar-refractivity contribution in [2.75, 3.05) is 0 Å². The molecular formula is C13H12BrCl2NOS. The molecule has 1 unspecified atom stereocenters. The van der Waals surface area contributed by atoms with Gasteiger partial charge >= 0.3 is 0 Å². The van der Waals surface area contributed by atoms with Gasteiger partial charge in [0.15, 0.2) is 0 Å². The quantitative estimate of drug-likeness (QED) is 0.609. The van der Waals surface area contributed by atoms with Crippen molar-refractivity contribution in [3.63, 3.8) is 0 Å². The minimum absolute atomic E-state index is 0.0700. The number of nitrogens with zero attached hydrogens (tertiary/aromatic N) is 1. The van der Waals surface area contributed by atoms with Crippen LogP contribution in [0.1, 0.15) is 30.2 Å². The fraction of sp³-hybridized carbons (Fsp3) is 0.308. The zero-order valence-corrected chi connectivity index (χ0v) is 14.1. The molecule has 0 saturated heterocycles. The first-order valence-electron chi connectivity index (χ1n) is 5.76. The lowest BCUT2D eigenvalue weighted by Gasteiger charge is -2.16. The summed E-state index contributed by atoms with van der Waals surface area (Å²) in [6, 6.07) is 5.47. The zero-order chi connectivity index (χ0) is 13.8. The summed E-state index contributed by atoms with van der Waals surface area (Å²) in [6.45, 7) is 2.07. The van der Waals surface area contributed by atoms with Gasteiger partial charge < -0.3 is 4.74 Å². The molecule has 0 aliphatic rings. The molecule has 2 nitrogen and oxygen atoms in total. The van der Waals surface area contributed by atoms with Crippen LogP contribution in [0.2, 0.25) is 5.02 Å². The molecule has 0 fully saturated rings. The molecule has 2 aromatic rings. The molecule has 0 aliphatic heterocycles. The number of halogens is 3. The van der Waals surface area contributed by atoms with E-state index < -0.39 is 0 Å². The minimum Gasteiger partial charge on any atom is -0.482 e. The molecule has 1 aromatic heterocycles. The summed E-state index contributed by atoms with van der Waals surface area (Å²) in [7, 11) is 0. The van der Waals surface area contributed by atoms with Gasteiger partial charge in [-0.3, -0.25) is 0 Å². The van der Waals surface area contributed by atoms with E-state index in [-0.39, 0.29) is 6.10 Å². The maximum Gasteiger partial charge on any atom is 0.150 e. The standard InChI is InChI=1S/C13H12BrCl2NOS/c1-2-11(13-17-9(6-15)7-19-13)18-12-4-3-8(16)5-10(12)14/h3-5,7,11H,2,6H2,1H3. The van der Waals surface area contributed by atoms with Gasteiger partial charge in [-0.2, -0.15) is 0 Å². The number of alkyl halides is 1. The zero-order valence-electron chi connectivity index (χ0n) is 10.2. The van der Waals surface area contributed by atoms with E-state index in [0.29, 0.717) is 10.9 Å². The van der Waals surface area contributed by atoms with Crippen LogP contribution in [-0.4, -0.2) is 4.98 Å². The van der Waals surface area contributed by atoms with Crippen LogP contribution in [0.25, 0.3) is 0 Å². The summed E-state index contributed by atoms with van der Waals surface area (Å²) in [6.07, 6.45) is 0.768. The van der Waals surface area contributed by atoms with Gasteiger partial charge in [0.05, 0.1) is 16.0 Å². The summed E-state index contributed by atoms with van der Waals surface area (Å²) in [5.41, 5.74) is 0.888. The van der Waals surface area contributed by atoms with Gasteiger partial charge in [-0.05, 0) is 40.5 Å². The summed E-state index contributed by atoms with van der Waals surface area (Å²) in [5.74, 6) is 1.19. The molecule has 19 heavy (non-hydrogen) atoms. The van der Waals surface area contributed by atoms with Crippen molar-refractivity contribution < 1.29 is 4.74 Å². The van der Waals surface area contributed by atoms with Crippen molar-refractivity contribution in [1.29, 1.82) is 0 Å². The van der Waals surface area contributed by atoms with Crippen molar-refractivity contribution >= 4 is 50.5 Å². The lowest BCUT2D eigenvalue weighted by Crippen LogP contribution is -2.06. The number of hydrogen-bond acceptors (Lipinski definition) is 3. The minimum atomic E-state index is -0.0700. The third-order valence-electron chi connectivity index (χ3n) is 2.52. The summed E-state index contributed by atoms with van der Waals surface area (Å²) in [5, 5.41) is 3.58. The van der Waals surface area contributed by atoms with Crippen LogP contribution >= 0.6 is 50.5 Å². The molecule has 0 spiro atoms. The Bertz CT molecular complexity index is 561. The predicted octanol–water partition coefficient (Wildman–Crippen LogP) is 5.83. The maximum atomic E-state index is 5.99. The van der Waals surface area contributed by atoms with Crippen LogP contribution in [0.3, 0.4) is 0 Å². The van der Waals surface area contributed by atoms with Crippen molar-refractivity contribution in [2.45, 2.75) is 25.3 Å². The van der Waals surface area contributed by atoms with Gasteiger partial charge in [0, 0.05) is 10.4 Å². The van der Waals surface area contributed by atoms with Gasteiger partial charge in [-0.1, -0.05) is 18.5 Å². The first kappa shape index (κ1) is 15.1. The fourth-order valence-electron chi connectivity index (χ4n) is 1.56. The maximum absolute atomic E-state index is 5.99. The Labute approximate surface area is 134 Å². The van der Waals surface area contributed by atoms with E-state index >= 15 is 0 Å². The first-order chi connectivity index (χ1) is 9.13. The van der Waals surface area contributed by atoms with E-state index in [1.165, 1.54) is 0 Å². The Kier molecular flexibility index (Phi) is 5.51. The smallest absolute Gasteiger partial charge is 0.150 e. The lowest BCUT2D eigenvalue weighted by molar-refractivity contribution is 0.199. The first-order valence-corrected chi connectivity index (χ1v) is 8.34.